The summed E-state index contributed by atoms with van der Waals surface area (Å²) in [5.41, 5.74) is 1.74. The molecule has 3 N–H and O–H groups in total. The van der Waals surface area contributed by atoms with Crippen LogP contribution in [0.1, 0.15) is 56.5 Å². The Morgan fingerprint density at radius 1 is 1.13 bits per heavy atom. The molecule has 0 atom stereocenters. The van der Waals surface area contributed by atoms with Crippen LogP contribution in [-0.2, 0) is 0 Å². The molecule has 2 aliphatic rings. The van der Waals surface area contributed by atoms with Crippen molar-refractivity contribution in [3.63, 3.8) is 0 Å². The van der Waals surface area contributed by atoms with Crippen LogP contribution in [-0.4, -0.2) is 34.2 Å². The first kappa shape index (κ1) is 15.9. The van der Waals surface area contributed by atoms with E-state index in [1.54, 1.807) is 18.3 Å². The summed E-state index contributed by atoms with van der Waals surface area (Å²) in [6.07, 6.45) is 3.50. The monoisotopic (exact) mass is 313 g/mol. The first-order chi connectivity index (χ1) is 10.7. The van der Waals surface area contributed by atoms with E-state index in [1.165, 1.54) is 0 Å². The van der Waals surface area contributed by atoms with Gasteiger partial charge in [-0.2, -0.15) is 0 Å². The van der Waals surface area contributed by atoms with E-state index in [2.05, 4.69) is 38.0 Å². The van der Waals surface area contributed by atoms with Crippen LogP contribution in [0, 0.1) is 0 Å². The lowest BCUT2D eigenvalue weighted by Crippen LogP contribution is -3.05. The molecule has 1 aliphatic carbocycles. The Labute approximate surface area is 137 Å². The van der Waals surface area contributed by atoms with E-state index in [1.807, 2.05) is 12.1 Å². The summed E-state index contributed by atoms with van der Waals surface area (Å²) in [6.45, 7) is 8.90. The van der Waals surface area contributed by atoms with Crippen LogP contribution >= 0.6 is 0 Å². The lowest BCUT2D eigenvalue weighted by atomic mass is 9.80. The number of ketones is 1. The molecule has 1 aliphatic heterocycles. The normalized spacial score (nSPS) is 23.6. The highest BCUT2D eigenvalue weighted by Gasteiger charge is 2.41. The van der Waals surface area contributed by atoms with Crippen LogP contribution in [0.15, 0.2) is 34.8 Å². The highest BCUT2D eigenvalue weighted by atomic mass is 16.3. The molecule has 0 unspecified atom stereocenters. The number of piperidine rings is 1. The van der Waals surface area contributed by atoms with Gasteiger partial charge in [-0.15, -0.1) is 0 Å². The highest BCUT2D eigenvalue weighted by molar-refractivity contribution is 6.30. The Kier molecular flexibility index (Phi) is 3.68. The number of rotatable bonds is 2. The predicted molar refractivity (Wildman–Crippen MR) is 91.9 cm³/mol. The van der Waals surface area contributed by atoms with Gasteiger partial charge in [0.2, 0.25) is 0 Å². The molecule has 0 aromatic heterocycles. The molecule has 23 heavy (non-hydrogen) atoms. The second-order valence-corrected chi connectivity index (χ2v) is 8.10. The first-order valence-corrected chi connectivity index (χ1v) is 8.16. The average molecular weight is 313 g/mol. The number of aliphatic hydroxyl groups is 1. The molecular weight excluding hydrogens is 288 g/mol. The number of Topliss-reactive ketones (excluding diaryl/α,β-unsaturated/α-hetero) is 1. The molecule has 0 spiro atoms. The third kappa shape index (κ3) is 3.08. The minimum atomic E-state index is -0.136. The van der Waals surface area contributed by atoms with Crippen LogP contribution in [0.2, 0.25) is 0 Å². The number of aliphatic imine (C=N–C) groups is 1. The maximum Gasteiger partial charge on any atom is 0.199 e. The van der Waals surface area contributed by atoms with Crippen molar-refractivity contribution in [3.8, 4) is 0 Å². The molecule has 0 radical (unpaired) electrons. The van der Waals surface area contributed by atoms with E-state index in [0.29, 0.717) is 16.7 Å². The minimum absolute atomic E-state index is 0.0512. The van der Waals surface area contributed by atoms with Gasteiger partial charge in [0.05, 0.1) is 22.7 Å². The zero-order valence-electron chi connectivity index (χ0n) is 14.3. The third-order valence-electron chi connectivity index (χ3n) is 4.65. The molecule has 0 bridgehead atoms. The predicted octanol–water partition coefficient (Wildman–Crippen LogP) is 2.51. The summed E-state index contributed by atoms with van der Waals surface area (Å²) >= 11 is 0. The van der Waals surface area contributed by atoms with Crippen molar-refractivity contribution < 1.29 is 15.2 Å². The van der Waals surface area contributed by atoms with Crippen molar-refractivity contribution >= 4 is 17.8 Å². The van der Waals surface area contributed by atoms with Crippen LogP contribution in [0.4, 0.5) is 0 Å². The maximum atomic E-state index is 12.4. The summed E-state index contributed by atoms with van der Waals surface area (Å²) in [6, 6.07) is 7.32. The van der Waals surface area contributed by atoms with Crippen molar-refractivity contribution in [2.24, 2.45) is 4.99 Å². The summed E-state index contributed by atoms with van der Waals surface area (Å²) in [7, 11) is 0. The SMILES string of the molecule is CC1(C)CC(N=CC2=C(O)c3ccccc3C2=O)CC(C)(C)[NH2+]1. The maximum absolute atomic E-state index is 12.4. The van der Waals surface area contributed by atoms with Gasteiger partial charge >= 0.3 is 0 Å². The zero-order chi connectivity index (χ0) is 16.8. The van der Waals surface area contributed by atoms with Gasteiger partial charge in [-0.3, -0.25) is 9.79 Å². The number of allylic oxidation sites excluding steroid dienone is 1. The molecule has 0 amide bonds. The molecule has 1 aromatic rings. The first-order valence-electron chi connectivity index (χ1n) is 8.16. The van der Waals surface area contributed by atoms with Crippen LogP contribution in [0.3, 0.4) is 0 Å². The largest absolute Gasteiger partial charge is 0.506 e. The van der Waals surface area contributed by atoms with E-state index in [0.717, 1.165) is 12.8 Å². The van der Waals surface area contributed by atoms with Crippen molar-refractivity contribution in [3.05, 3.63) is 41.0 Å². The van der Waals surface area contributed by atoms with Crippen molar-refractivity contribution in [2.75, 3.05) is 0 Å². The number of carbonyl (C=O) groups is 1. The number of nitrogens with two attached hydrogens (primary N) is 1. The summed E-state index contributed by atoms with van der Waals surface area (Å²) < 4.78 is 0. The van der Waals surface area contributed by atoms with Gasteiger partial charge in [-0.05, 0) is 27.7 Å². The number of quaternary nitrogens is 1. The summed E-state index contributed by atoms with van der Waals surface area (Å²) in [5, 5.41) is 12.7. The van der Waals surface area contributed by atoms with Gasteiger partial charge < -0.3 is 10.4 Å². The fourth-order valence-electron chi connectivity index (χ4n) is 4.15. The second kappa shape index (κ2) is 5.31. The fraction of sp³-hybridized carbons (Fsp3) is 0.474. The Hall–Kier alpha value is -1.94. The Morgan fingerprint density at radius 2 is 1.70 bits per heavy atom. The van der Waals surface area contributed by atoms with Crippen LogP contribution in [0.5, 0.6) is 0 Å². The number of fused-ring (bicyclic) bond motifs is 1. The number of hydrogen-bond acceptors (Lipinski definition) is 3. The Morgan fingerprint density at radius 3 is 2.26 bits per heavy atom. The van der Waals surface area contributed by atoms with Gasteiger partial charge in [0.25, 0.3) is 0 Å². The van der Waals surface area contributed by atoms with Crippen LogP contribution in [0.25, 0.3) is 5.76 Å². The molecule has 0 saturated carbocycles. The number of nitrogens with zero attached hydrogens (tertiary/aromatic N) is 1. The van der Waals surface area contributed by atoms with E-state index in [4.69, 9.17) is 0 Å². The quantitative estimate of drug-likeness (QED) is 0.824. The number of aliphatic hydroxyl groups excluding tert-OH is 1. The summed E-state index contributed by atoms with van der Waals surface area (Å²) in [5.74, 6) is -0.0852. The molecule has 1 heterocycles. The topological polar surface area (TPSA) is 66.3 Å². The fourth-order valence-corrected chi connectivity index (χ4v) is 4.15. The highest BCUT2D eigenvalue weighted by Crippen LogP contribution is 2.30. The average Bonchev–Trinajstić information content (AvgIpc) is 2.66. The number of hydrogen-bond donors (Lipinski definition) is 2. The van der Waals surface area contributed by atoms with Gasteiger partial charge in [-0.25, -0.2) is 0 Å². The Balaban J connectivity index is 1.84. The van der Waals surface area contributed by atoms with Crippen LogP contribution < -0.4 is 5.32 Å². The molecule has 4 heteroatoms. The van der Waals surface area contributed by atoms with Crippen molar-refractivity contribution in [1.29, 1.82) is 0 Å². The van der Waals surface area contributed by atoms with E-state index < -0.39 is 0 Å². The third-order valence-corrected chi connectivity index (χ3v) is 4.65. The number of carbonyl (C=O) groups excluding carboxylic acids is 1. The second-order valence-electron chi connectivity index (χ2n) is 8.10. The zero-order valence-corrected chi connectivity index (χ0v) is 14.3. The molecule has 122 valence electrons. The van der Waals surface area contributed by atoms with Crippen molar-refractivity contribution in [1.82, 2.24) is 0 Å². The lowest BCUT2D eigenvalue weighted by molar-refractivity contribution is -0.787. The van der Waals surface area contributed by atoms with E-state index in [-0.39, 0.29) is 28.7 Å². The standard InChI is InChI=1S/C19H24N2O2/c1-18(2)9-12(10-19(3,4)21-18)20-11-15-16(22)13-7-5-6-8-14(13)17(15)23/h5-8,11-12,21-22H,9-10H2,1-4H3/p+1. The van der Waals surface area contributed by atoms with Gasteiger partial charge in [-0.1, -0.05) is 24.3 Å². The molecule has 3 rings (SSSR count). The Bertz CT molecular complexity index is 698. The molecule has 1 saturated heterocycles. The molecular formula is C19H25N2O2+. The molecule has 4 nitrogen and oxygen atoms in total. The van der Waals surface area contributed by atoms with E-state index >= 15 is 0 Å². The molecule has 1 aromatic carbocycles. The van der Waals surface area contributed by atoms with E-state index in [9.17, 15) is 9.90 Å². The van der Waals surface area contributed by atoms with Gasteiger partial charge in [0.15, 0.2) is 5.78 Å². The number of benzene rings is 1. The minimum Gasteiger partial charge on any atom is -0.506 e. The van der Waals surface area contributed by atoms with Gasteiger partial charge in [0, 0.05) is 30.2 Å². The lowest BCUT2D eigenvalue weighted by Gasteiger charge is -2.41. The summed E-state index contributed by atoms with van der Waals surface area (Å²) in [4.78, 5) is 17.1. The van der Waals surface area contributed by atoms with Crippen molar-refractivity contribution in [2.45, 2.75) is 57.7 Å². The smallest absolute Gasteiger partial charge is 0.199 e. The van der Waals surface area contributed by atoms with Gasteiger partial charge in [0.1, 0.15) is 5.76 Å². The molecule has 1 fully saturated rings.